The molecule has 0 fully saturated rings. The molecule has 1 unspecified atom stereocenters. The van der Waals surface area contributed by atoms with E-state index in [1.807, 2.05) is 4.72 Å². The molecule has 0 aliphatic carbocycles. The van der Waals surface area contributed by atoms with Crippen molar-refractivity contribution in [1.82, 2.24) is 14.6 Å². The van der Waals surface area contributed by atoms with E-state index in [1.54, 1.807) is 35.9 Å². The molecule has 9 nitrogen and oxygen atoms in total. The SMILES string of the molecule is Cn1cc(C(=O)NCC(NS(C)(=O)=O)C(=O)O)c(=O)c2ccccc21. The van der Waals surface area contributed by atoms with Crippen molar-refractivity contribution in [3.05, 3.63) is 46.2 Å². The van der Waals surface area contributed by atoms with Crippen LogP contribution in [0, 0.1) is 0 Å². The minimum absolute atomic E-state index is 0.162. The standard InChI is InChI=1S/C15H17N3O6S/c1-18-8-10(13(19)9-5-3-4-6-12(9)18)14(20)16-7-11(15(21)22)17-25(2,23)24/h3-6,8,11,17H,7H2,1-2H3,(H,16,20)(H,21,22). The number of aliphatic carboxylic acids is 1. The normalized spacial score (nSPS) is 12.7. The number of aryl methyl sites for hydroxylation is 1. The molecule has 0 aliphatic rings. The quantitative estimate of drug-likeness (QED) is 0.616. The van der Waals surface area contributed by atoms with Crippen molar-refractivity contribution in [1.29, 1.82) is 0 Å². The zero-order chi connectivity index (χ0) is 18.8. The Balaban J connectivity index is 2.27. The zero-order valence-corrected chi connectivity index (χ0v) is 14.3. The number of hydrogen-bond donors (Lipinski definition) is 3. The van der Waals surface area contributed by atoms with E-state index in [0.717, 1.165) is 6.26 Å². The number of nitrogens with one attached hydrogen (secondary N) is 2. The third-order valence-electron chi connectivity index (χ3n) is 3.46. The summed E-state index contributed by atoms with van der Waals surface area (Å²) in [6.07, 6.45) is 2.16. The summed E-state index contributed by atoms with van der Waals surface area (Å²) in [6, 6.07) is 5.20. The van der Waals surface area contributed by atoms with Crippen LogP contribution >= 0.6 is 0 Å². The third kappa shape index (κ3) is 4.43. The Kier molecular flexibility index (Phi) is 5.24. The Morgan fingerprint density at radius 1 is 1.28 bits per heavy atom. The maximum atomic E-state index is 12.4. The van der Waals surface area contributed by atoms with Gasteiger partial charge in [-0.1, -0.05) is 12.1 Å². The number of carboxylic acid groups (broad SMARTS) is 1. The van der Waals surface area contributed by atoms with Gasteiger partial charge in [0, 0.05) is 25.2 Å². The largest absolute Gasteiger partial charge is 0.480 e. The fraction of sp³-hybridized carbons (Fsp3) is 0.267. The molecule has 25 heavy (non-hydrogen) atoms. The topological polar surface area (TPSA) is 135 Å². The molecule has 1 aromatic carbocycles. The Hall–Kier alpha value is -2.72. The molecule has 0 spiro atoms. The van der Waals surface area contributed by atoms with E-state index >= 15 is 0 Å². The molecule has 0 aliphatic heterocycles. The number of fused-ring (bicyclic) bond motifs is 1. The van der Waals surface area contributed by atoms with Crippen molar-refractivity contribution in [3.8, 4) is 0 Å². The van der Waals surface area contributed by atoms with Crippen molar-refractivity contribution in [2.75, 3.05) is 12.8 Å². The van der Waals surface area contributed by atoms with Gasteiger partial charge in [-0.2, -0.15) is 4.72 Å². The average Bonchev–Trinajstić information content (AvgIpc) is 2.53. The van der Waals surface area contributed by atoms with Gasteiger partial charge >= 0.3 is 5.97 Å². The minimum Gasteiger partial charge on any atom is -0.480 e. The van der Waals surface area contributed by atoms with E-state index in [-0.39, 0.29) is 5.56 Å². The second-order valence-corrected chi connectivity index (χ2v) is 7.27. The molecule has 10 heteroatoms. The van der Waals surface area contributed by atoms with Gasteiger partial charge in [0.15, 0.2) is 0 Å². The van der Waals surface area contributed by atoms with Crippen LogP contribution in [-0.2, 0) is 21.9 Å². The summed E-state index contributed by atoms with van der Waals surface area (Å²) < 4.78 is 25.8. The predicted octanol–water partition coefficient (Wildman–Crippen LogP) is -0.729. The number of nitrogens with zero attached hydrogens (tertiary/aromatic N) is 1. The Morgan fingerprint density at radius 2 is 1.92 bits per heavy atom. The van der Waals surface area contributed by atoms with Gasteiger partial charge < -0.3 is 15.0 Å². The van der Waals surface area contributed by atoms with Crippen LogP contribution < -0.4 is 15.5 Å². The lowest BCUT2D eigenvalue weighted by atomic mass is 10.1. The lowest BCUT2D eigenvalue weighted by Crippen LogP contribution is -2.48. The lowest BCUT2D eigenvalue weighted by Gasteiger charge is -2.14. The van der Waals surface area contributed by atoms with Crippen LogP contribution in [0.1, 0.15) is 10.4 Å². The molecule has 1 heterocycles. The Morgan fingerprint density at radius 3 is 2.52 bits per heavy atom. The summed E-state index contributed by atoms with van der Waals surface area (Å²) in [6.45, 7) is -0.503. The smallest absolute Gasteiger partial charge is 0.323 e. The number of carbonyl (C=O) groups excluding carboxylic acids is 1. The summed E-state index contributed by atoms with van der Waals surface area (Å²) in [5, 5.41) is 11.6. The molecule has 0 bridgehead atoms. The van der Waals surface area contributed by atoms with Crippen LogP contribution in [0.5, 0.6) is 0 Å². The van der Waals surface area contributed by atoms with Gasteiger partial charge in [-0.25, -0.2) is 8.42 Å². The summed E-state index contributed by atoms with van der Waals surface area (Å²) >= 11 is 0. The molecule has 3 N–H and O–H groups in total. The van der Waals surface area contributed by atoms with E-state index < -0.39 is 39.9 Å². The number of carboxylic acids is 1. The molecule has 0 saturated carbocycles. The number of hydrogen-bond acceptors (Lipinski definition) is 5. The highest BCUT2D eigenvalue weighted by Gasteiger charge is 2.23. The second kappa shape index (κ2) is 7.03. The van der Waals surface area contributed by atoms with Crippen LogP contribution in [0.25, 0.3) is 10.9 Å². The Bertz CT molecular complexity index is 996. The number of para-hydroxylation sites is 1. The van der Waals surface area contributed by atoms with Crippen molar-refractivity contribution in [2.45, 2.75) is 6.04 Å². The highest BCUT2D eigenvalue weighted by atomic mass is 32.2. The number of pyridine rings is 1. The van der Waals surface area contributed by atoms with Gasteiger partial charge in [0.1, 0.15) is 11.6 Å². The van der Waals surface area contributed by atoms with Gasteiger partial charge in [-0.05, 0) is 12.1 Å². The third-order valence-corrected chi connectivity index (χ3v) is 4.17. The van der Waals surface area contributed by atoms with Crippen LogP contribution in [-0.4, -0.2) is 48.8 Å². The monoisotopic (exact) mass is 367 g/mol. The summed E-state index contributed by atoms with van der Waals surface area (Å²) in [4.78, 5) is 35.8. The molecular weight excluding hydrogens is 350 g/mol. The maximum absolute atomic E-state index is 12.4. The van der Waals surface area contributed by atoms with Crippen LogP contribution in [0.4, 0.5) is 0 Å². The van der Waals surface area contributed by atoms with Crippen molar-refractivity contribution in [3.63, 3.8) is 0 Å². The summed E-state index contributed by atoms with van der Waals surface area (Å²) in [5.74, 6) is -2.23. The maximum Gasteiger partial charge on any atom is 0.323 e. The van der Waals surface area contributed by atoms with Gasteiger partial charge in [0.25, 0.3) is 5.91 Å². The van der Waals surface area contributed by atoms with Crippen molar-refractivity contribution < 1.29 is 23.1 Å². The van der Waals surface area contributed by atoms with Crippen molar-refractivity contribution >= 4 is 32.8 Å². The fourth-order valence-corrected chi connectivity index (χ4v) is 3.03. The molecule has 0 radical (unpaired) electrons. The van der Waals surface area contributed by atoms with Gasteiger partial charge in [0.2, 0.25) is 15.5 Å². The molecule has 1 atom stereocenters. The molecule has 1 amide bonds. The van der Waals surface area contributed by atoms with E-state index in [0.29, 0.717) is 10.9 Å². The highest BCUT2D eigenvalue weighted by molar-refractivity contribution is 7.88. The first-order chi connectivity index (χ1) is 11.6. The van der Waals surface area contributed by atoms with E-state index in [2.05, 4.69) is 5.32 Å². The number of sulfonamides is 1. The second-order valence-electron chi connectivity index (χ2n) is 5.49. The van der Waals surface area contributed by atoms with E-state index in [9.17, 15) is 22.8 Å². The number of benzene rings is 1. The van der Waals surface area contributed by atoms with Gasteiger partial charge in [-0.3, -0.25) is 14.4 Å². The van der Waals surface area contributed by atoms with Gasteiger partial charge in [-0.15, -0.1) is 0 Å². The molecule has 2 rings (SSSR count). The molecule has 134 valence electrons. The summed E-state index contributed by atoms with van der Waals surface area (Å²) in [5.41, 5.74) is -0.00922. The highest BCUT2D eigenvalue weighted by Crippen LogP contribution is 2.10. The first kappa shape index (κ1) is 18.6. The predicted molar refractivity (Wildman–Crippen MR) is 90.9 cm³/mol. The lowest BCUT2D eigenvalue weighted by molar-refractivity contribution is -0.138. The minimum atomic E-state index is -3.77. The van der Waals surface area contributed by atoms with Gasteiger partial charge in [0.05, 0.1) is 11.8 Å². The summed E-state index contributed by atoms with van der Waals surface area (Å²) in [7, 11) is -2.10. The first-order valence-corrected chi connectivity index (χ1v) is 9.06. The molecule has 1 aromatic heterocycles. The van der Waals surface area contributed by atoms with E-state index in [4.69, 9.17) is 5.11 Å². The fourth-order valence-electron chi connectivity index (χ4n) is 2.33. The van der Waals surface area contributed by atoms with E-state index in [1.165, 1.54) is 6.20 Å². The van der Waals surface area contributed by atoms with Crippen LogP contribution in [0.3, 0.4) is 0 Å². The zero-order valence-electron chi connectivity index (χ0n) is 13.5. The van der Waals surface area contributed by atoms with Crippen LogP contribution in [0.2, 0.25) is 0 Å². The molecule has 2 aromatic rings. The van der Waals surface area contributed by atoms with Crippen molar-refractivity contribution in [2.24, 2.45) is 7.05 Å². The number of rotatable bonds is 6. The Labute approximate surface area is 143 Å². The number of carbonyl (C=O) groups is 2. The molecule has 0 saturated heterocycles. The average molecular weight is 367 g/mol. The first-order valence-electron chi connectivity index (χ1n) is 7.17. The molecular formula is C15H17N3O6S. The number of amides is 1. The number of aromatic nitrogens is 1. The van der Waals surface area contributed by atoms with Crippen LogP contribution in [0.15, 0.2) is 35.3 Å².